The SMILES string of the molecule is CCC(OCC1CO1)[SiH2]Oc1cccc(C)c1C. The van der Waals surface area contributed by atoms with Crippen LogP contribution in [-0.4, -0.2) is 34.8 Å². The molecule has 1 fully saturated rings. The summed E-state index contributed by atoms with van der Waals surface area (Å²) in [4.78, 5) is 0. The zero-order chi connectivity index (χ0) is 13.0. The minimum absolute atomic E-state index is 0.286. The highest BCUT2D eigenvalue weighted by Gasteiger charge is 2.24. The third-order valence-electron chi connectivity index (χ3n) is 3.36. The Bertz CT molecular complexity index is 391. The van der Waals surface area contributed by atoms with Crippen LogP contribution in [0.5, 0.6) is 5.75 Å². The number of aryl methyl sites for hydroxylation is 1. The van der Waals surface area contributed by atoms with Crippen LogP contribution in [0.25, 0.3) is 0 Å². The van der Waals surface area contributed by atoms with Crippen LogP contribution >= 0.6 is 0 Å². The Hall–Kier alpha value is -0.843. The molecular formula is C14H22O3Si. The molecule has 1 aliphatic rings. The molecule has 2 atom stereocenters. The van der Waals surface area contributed by atoms with E-state index in [1.807, 2.05) is 12.1 Å². The fourth-order valence-corrected chi connectivity index (χ4v) is 2.90. The fraction of sp³-hybridized carbons (Fsp3) is 0.571. The number of benzene rings is 1. The summed E-state index contributed by atoms with van der Waals surface area (Å²) in [6.45, 7) is 7.95. The van der Waals surface area contributed by atoms with Gasteiger partial charge in [0.25, 0.3) is 0 Å². The van der Waals surface area contributed by atoms with E-state index in [4.69, 9.17) is 13.9 Å². The van der Waals surface area contributed by atoms with E-state index in [9.17, 15) is 0 Å². The molecule has 0 bridgehead atoms. The molecule has 1 heterocycles. The van der Waals surface area contributed by atoms with Gasteiger partial charge in [-0.3, -0.25) is 0 Å². The number of hydrogen-bond acceptors (Lipinski definition) is 3. The molecule has 4 heteroatoms. The molecule has 1 aliphatic heterocycles. The van der Waals surface area contributed by atoms with Crippen LogP contribution in [0.2, 0.25) is 0 Å². The van der Waals surface area contributed by atoms with Gasteiger partial charge in [-0.25, -0.2) is 0 Å². The van der Waals surface area contributed by atoms with Crippen molar-refractivity contribution in [1.29, 1.82) is 0 Å². The number of hydrogen-bond donors (Lipinski definition) is 0. The van der Waals surface area contributed by atoms with Gasteiger partial charge in [-0.15, -0.1) is 0 Å². The van der Waals surface area contributed by atoms with Gasteiger partial charge in [0.05, 0.1) is 18.9 Å². The molecule has 1 saturated heterocycles. The molecule has 0 radical (unpaired) electrons. The van der Waals surface area contributed by atoms with Crippen LogP contribution < -0.4 is 4.43 Å². The van der Waals surface area contributed by atoms with Crippen molar-refractivity contribution in [2.75, 3.05) is 13.2 Å². The van der Waals surface area contributed by atoms with E-state index in [2.05, 4.69) is 26.8 Å². The lowest BCUT2D eigenvalue weighted by atomic mass is 10.1. The first-order valence-corrected chi connectivity index (χ1v) is 8.02. The molecule has 0 N–H and O–H groups in total. The zero-order valence-corrected chi connectivity index (χ0v) is 12.9. The number of epoxide rings is 1. The quantitative estimate of drug-likeness (QED) is 0.558. The van der Waals surface area contributed by atoms with E-state index >= 15 is 0 Å². The van der Waals surface area contributed by atoms with Crippen molar-refractivity contribution in [2.45, 2.75) is 39.0 Å². The van der Waals surface area contributed by atoms with Crippen LogP contribution in [0.1, 0.15) is 24.5 Å². The van der Waals surface area contributed by atoms with Gasteiger partial charge in [0, 0.05) is 0 Å². The number of ether oxygens (including phenoxy) is 2. The third-order valence-corrected chi connectivity index (χ3v) is 5.02. The van der Waals surface area contributed by atoms with Crippen LogP contribution in [0.4, 0.5) is 0 Å². The number of rotatable bonds is 7. The Labute approximate surface area is 111 Å². The molecule has 2 unspecified atom stereocenters. The van der Waals surface area contributed by atoms with Crippen molar-refractivity contribution >= 4 is 9.76 Å². The van der Waals surface area contributed by atoms with Crippen LogP contribution in [0.15, 0.2) is 18.2 Å². The van der Waals surface area contributed by atoms with Crippen molar-refractivity contribution < 1.29 is 13.9 Å². The van der Waals surface area contributed by atoms with Gasteiger partial charge in [-0.1, -0.05) is 19.1 Å². The van der Waals surface area contributed by atoms with E-state index < -0.39 is 9.76 Å². The lowest BCUT2D eigenvalue weighted by Crippen LogP contribution is -2.26. The molecule has 0 saturated carbocycles. The topological polar surface area (TPSA) is 31.0 Å². The van der Waals surface area contributed by atoms with Gasteiger partial charge in [-0.05, 0) is 37.5 Å². The summed E-state index contributed by atoms with van der Waals surface area (Å²) in [6.07, 6.45) is 1.36. The average Bonchev–Trinajstić information content (AvgIpc) is 3.18. The van der Waals surface area contributed by atoms with Crippen LogP contribution in [0, 0.1) is 13.8 Å². The van der Waals surface area contributed by atoms with Gasteiger partial charge in [0.1, 0.15) is 11.9 Å². The smallest absolute Gasteiger partial charge is 0.247 e. The van der Waals surface area contributed by atoms with E-state index in [0.717, 1.165) is 25.4 Å². The second kappa shape index (κ2) is 6.36. The second-order valence-electron chi connectivity index (χ2n) is 4.83. The monoisotopic (exact) mass is 266 g/mol. The minimum atomic E-state index is -0.703. The van der Waals surface area contributed by atoms with Crippen molar-refractivity contribution in [2.24, 2.45) is 0 Å². The summed E-state index contributed by atoms with van der Waals surface area (Å²) in [5.74, 6) is 1.02. The molecule has 1 aromatic rings. The van der Waals surface area contributed by atoms with Crippen molar-refractivity contribution in [3.63, 3.8) is 0 Å². The molecule has 18 heavy (non-hydrogen) atoms. The maximum Gasteiger partial charge on any atom is 0.247 e. The zero-order valence-electron chi connectivity index (χ0n) is 11.4. The highest BCUT2D eigenvalue weighted by molar-refractivity contribution is 6.30. The highest BCUT2D eigenvalue weighted by atomic mass is 28.2. The second-order valence-corrected chi connectivity index (χ2v) is 6.36. The Kier molecular flexibility index (Phi) is 4.80. The summed E-state index contributed by atoms with van der Waals surface area (Å²) < 4.78 is 17.0. The van der Waals surface area contributed by atoms with E-state index in [0.29, 0.717) is 6.10 Å². The predicted octanol–water partition coefficient (Wildman–Crippen LogP) is 1.92. The summed E-state index contributed by atoms with van der Waals surface area (Å²) in [6, 6.07) is 6.21. The lowest BCUT2D eigenvalue weighted by Gasteiger charge is -2.17. The maximum atomic E-state index is 6.00. The Morgan fingerprint density at radius 3 is 2.89 bits per heavy atom. The van der Waals surface area contributed by atoms with E-state index in [1.165, 1.54) is 11.1 Å². The van der Waals surface area contributed by atoms with Crippen molar-refractivity contribution in [3.05, 3.63) is 29.3 Å². The van der Waals surface area contributed by atoms with E-state index in [1.54, 1.807) is 0 Å². The standard InChI is InChI=1S/C14H22O3Si/c1-4-14(16-9-12-8-15-12)18-17-13-7-5-6-10(2)11(13)3/h5-7,12,14H,4,8-9,18H2,1-3H3. The summed E-state index contributed by atoms with van der Waals surface area (Å²) >= 11 is 0. The minimum Gasteiger partial charge on any atom is -0.547 e. The fourth-order valence-electron chi connectivity index (χ4n) is 1.75. The molecular weight excluding hydrogens is 244 g/mol. The van der Waals surface area contributed by atoms with Crippen LogP contribution in [-0.2, 0) is 9.47 Å². The van der Waals surface area contributed by atoms with Gasteiger partial charge < -0.3 is 13.9 Å². The van der Waals surface area contributed by atoms with E-state index in [-0.39, 0.29) is 5.73 Å². The van der Waals surface area contributed by atoms with Gasteiger partial charge in [0.15, 0.2) is 0 Å². The molecule has 2 rings (SSSR count). The Balaban J connectivity index is 1.82. The molecule has 0 spiro atoms. The first-order valence-electron chi connectivity index (χ1n) is 6.63. The normalized spacial score (nSPS) is 20.3. The predicted molar refractivity (Wildman–Crippen MR) is 74.9 cm³/mol. The highest BCUT2D eigenvalue weighted by Crippen LogP contribution is 2.20. The molecule has 0 amide bonds. The van der Waals surface area contributed by atoms with Gasteiger partial charge in [0.2, 0.25) is 9.76 Å². The Morgan fingerprint density at radius 1 is 1.44 bits per heavy atom. The maximum absolute atomic E-state index is 6.00. The molecule has 3 nitrogen and oxygen atoms in total. The Morgan fingerprint density at radius 2 is 2.22 bits per heavy atom. The third kappa shape index (κ3) is 3.83. The van der Waals surface area contributed by atoms with Gasteiger partial charge >= 0.3 is 0 Å². The summed E-state index contributed by atoms with van der Waals surface area (Å²) in [7, 11) is -0.703. The van der Waals surface area contributed by atoms with Crippen molar-refractivity contribution in [3.8, 4) is 5.75 Å². The summed E-state index contributed by atoms with van der Waals surface area (Å²) in [5.41, 5.74) is 2.81. The first kappa shape index (κ1) is 13.6. The van der Waals surface area contributed by atoms with Crippen molar-refractivity contribution in [1.82, 2.24) is 0 Å². The molecule has 0 aromatic heterocycles. The lowest BCUT2D eigenvalue weighted by molar-refractivity contribution is 0.0823. The molecule has 100 valence electrons. The van der Waals surface area contributed by atoms with Gasteiger partial charge in [-0.2, -0.15) is 0 Å². The first-order chi connectivity index (χ1) is 8.70. The largest absolute Gasteiger partial charge is 0.547 e. The summed E-state index contributed by atoms with van der Waals surface area (Å²) in [5, 5.41) is 0. The average molecular weight is 266 g/mol. The molecule has 1 aromatic carbocycles. The van der Waals surface area contributed by atoms with Crippen LogP contribution in [0.3, 0.4) is 0 Å². The molecule has 0 aliphatic carbocycles.